The SMILES string of the molecule is N#CCc1ccc(OCc2cc(C=CC(=O)O)cs2)cc1. The van der Waals surface area contributed by atoms with E-state index in [9.17, 15) is 4.79 Å². The third-order valence-corrected chi connectivity index (χ3v) is 3.61. The first-order valence-electron chi connectivity index (χ1n) is 6.24. The third-order valence-electron chi connectivity index (χ3n) is 2.68. The molecule has 0 spiro atoms. The summed E-state index contributed by atoms with van der Waals surface area (Å²) in [5, 5.41) is 19.0. The number of carboxylic acid groups (broad SMARTS) is 1. The minimum absolute atomic E-state index is 0.393. The van der Waals surface area contributed by atoms with Crippen molar-refractivity contribution >= 4 is 23.4 Å². The summed E-state index contributed by atoms with van der Waals surface area (Å²) >= 11 is 1.52. The van der Waals surface area contributed by atoms with Crippen molar-refractivity contribution in [3.8, 4) is 11.8 Å². The van der Waals surface area contributed by atoms with Gasteiger partial charge in [0.05, 0.1) is 12.5 Å². The number of hydrogen-bond donors (Lipinski definition) is 1. The summed E-state index contributed by atoms with van der Waals surface area (Å²) in [5.41, 5.74) is 1.81. The smallest absolute Gasteiger partial charge is 0.328 e. The van der Waals surface area contributed by atoms with Crippen LogP contribution in [0.5, 0.6) is 5.75 Å². The zero-order chi connectivity index (χ0) is 15.1. The van der Waals surface area contributed by atoms with Crippen molar-refractivity contribution < 1.29 is 14.6 Å². The number of nitrogens with zero attached hydrogens (tertiary/aromatic N) is 1. The minimum atomic E-state index is -0.962. The van der Waals surface area contributed by atoms with Crippen LogP contribution in [0, 0.1) is 11.3 Å². The van der Waals surface area contributed by atoms with E-state index in [4.69, 9.17) is 15.1 Å². The third kappa shape index (κ3) is 4.79. The Morgan fingerprint density at radius 2 is 2.14 bits per heavy atom. The summed E-state index contributed by atoms with van der Waals surface area (Å²) in [5.74, 6) is -0.218. The predicted octanol–water partition coefficient (Wildman–Crippen LogP) is 3.49. The van der Waals surface area contributed by atoms with Gasteiger partial charge < -0.3 is 9.84 Å². The maximum Gasteiger partial charge on any atom is 0.328 e. The molecule has 21 heavy (non-hydrogen) atoms. The van der Waals surface area contributed by atoms with Crippen LogP contribution in [0.4, 0.5) is 0 Å². The summed E-state index contributed by atoms with van der Waals surface area (Å²) in [6, 6.07) is 11.4. The standard InChI is InChI=1S/C16H13NO3S/c17-8-7-12-1-4-14(5-2-12)20-10-15-9-13(11-21-15)3-6-16(18)19/h1-6,9,11H,7,10H2,(H,18,19). The molecule has 2 rings (SSSR count). The van der Waals surface area contributed by atoms with E-state index in [1.54, 1.807) is 6.08 Å². The maximum atomic E-state index is 10.4. The molecule has 1 heterocycles. The van der Waals surface area contributed by atoms with Crippen LogP contribution >= 0.6 is 11.3 Å². The van der Waals surface area contributed by atoms with Crippen molar-refractivity contribution in [2.75, 3.05) is 0 Å². The highest BCUT2D eigenvalue weighted by Gasteiger charge is 2.00. The van der Waals surface area contributed by atoms with Gasteiger partial charge in [0.1, 0.15) is 12.4 Å². The van der Waals surface area contributed by atoms with Crippen molar-refractivity contribution in [1.29, 1.82) is 5.26 Å². The molecule has 1 aromatic heterocycles. The molecule has 0 fully saturated rings. The largest absolute Gasteiger partial charge is 0.488 e. The van der Waals surface area contributed by atoms with Crippen LogP contribution < -0.4 is 4.74 Å². The molecule has 0 atom stereocenters. The van der Waals surface area contributed by atoms with Gasteiger partial charge in [-0.15, -0.1) is 11.3 Å². The quantitative estimate of drug-likeness (QED) is 0.829. The number of carboxylic acids is 1. The van der Waals surface area contributed by atoms with Crippen molar-refractivity contribution in [1.82, 2.24) is 0 Å². The number of hydrogen-bond acceptors (Lipinski definition) is 4. The Labute approximate surface area is 126 Å². The minimum Gasteiger partial charge on any atom is -0.488 e. The molecule has 0 aliphatic rings. The van der Waals surface area contributed by atoms with E-state index < -0.39 is 5.97 Å². The lowest BCUT2D eigenvalue weighted by Gasteiger charge is -2.04. The Balaban J connectivity index is 1.91. The fourth-order valence-corrected chi connectivity index (χ4v) is 2.44. The molecule has 0 saturated heterocycles. The molecule has 0 saturated carbocycles. The molecule has 1 N–H and O–H groups in total. The predicted molar refractivity (Wildman–Crippen MR) is 81.1 cm³/mol. The second-order valence-corrected chi connectivity index (χ2v) is 5.28. The molecule has 0 aliphatic carbocycles. The number of aliphatic carboxylic acids is 1. The molecule has 2 aromatic rings. The second kappa shape index (κ2) is 7.27. The van der Waals surface area contributed by atoms with Crippen LogP contribution in [0.1, 0.15) is 16.0 Å². The number of nitriles is 1. The fourth-order valence-electron chi connectivity index (χ4n) is 1.68. The molecule has 4 nitrogen and oxygen atoms in total. The average molecular weight is 299 g/mol. The van der Waals surface area contributed by atoms with E-state index in [-0.39, 0.29) is 0 Å². The summed E-state index contributed by atoms with van der Waals surface area (Å²) in [6.07, 6.45) is 3.06. The fraction of sp³-hybridized carbons (Fsp3) is 0.125. The van der Waals surface area contributed by atoms with Crippen LogP contribution in [-0.4, -0.2) is 11.1 Å². The number of ether oxygens (including phenoxy) is 1. The monoisotopic (exact) mass is 299 g/mol. The average Bonchev–Trinajstić information content (AvgIpc) is 2.93. The second-order valence-electron chi connectivity index (χ2n) is 4.29. The van der Waals surface area contributed by atoms with Crippen LogP contribution in [-0.2, 0) is 17.8 Å². The van der Waals surface area contributed by atoms with E-state index >= 15 is 0 Å². The molecular weight excluding hydrogens is 286 g/mol. The van der Waals surface area contributed by atoms with Crippen LogP contribution in [0.3, 0.4) is 0 Å². The Kier molecular flexibility index (Phi) is 5.13. The van der Waals surface area contributed by atoms with Crippen LogP contribution in [0.25, 0.3) is 6.08 Å². The Hall–Kier alpha value is -2.58. The topological polar surface area (TPSA) is 70.3 Å². The van der Waals surface area contributed by atoms with E-state index in [0.717, 1.165) is 27.8 Å². The highest BCUT2D eigenvalue weighted by Crippen LogP contribution is 2.19. The number of thiophene rings is 1. The van der Waals surface area contributed by atoms with Gasteiger partial charge in [-0.05, 0) is 40.8 Å². The number of benzene rings is 1. The van der Waals surface area contributed by atoms with Crippen molar-refractivity contribution in [3.63, 3.8) is 0 Å². The van der Waals surface area contributed by atoms with Crippen LogP contribution in [0.15, 0.2) is 41.8 Å². The zero-order valence-corrected chi connectivity index (χ0v) is 12.0. The summed E-state index contributed by atoms with van der Waals surface area (Å²) < 4.78 is 5.65. The maximum absolute atomic E-state index is 10.4. The van der Waals surface area contributed by atoms with Crippen molar-refractivity contribution in [2.45, 2.75) is 13.0 Å². The van der Waals surface area contributed by atoms with Gasteiger partial charge >= 0.3 is 5.97 Å². The summed E-state index contributed by atoms with van der Waals surface area (Å²) in [4.78, 5) is 11.5. The molecule has 0 radical (unpaired) electrons. The summed E-state index contributed by atoms with van der Waals surface area (Å²) in [6.45, 7) is 0.434. The van der Waals surface area contributed by atoms with Gasteiger partial charge in [0, 0.05) is 11.0 Å². The number of rotatable bonds is 6. The molecule has 0 aliphatic heterocycles. The normalized spacial score (nSPS) is 10.4. The zero-order valence-electron chi connectivity index (χ0n) is 11.2. The lowest BCUT2D eigenvalue weighted by atomic mass is 10.2. The van der Waals surface area contributed by atoms with Gasteiger partial charge in [-0.25, -0.2) is 4.79 Å². The summed E-state index contributed by atoms with van der Waals surface area (Å²) in [7, 11) is 0. The highest BCUT2D eigenvalue weighted by molar-refractivity contribution is 7.10. The van der Waals surface area contributed by atoms with E-state index in [1.165, 1.54) is 11.3 Å². The Morgan fingerprint density at radius 1 is 1.38 bits per heavy atom. The first-order chi connectivity index (χ1) is 10.2. The number of carbonyl (C=O) groups is 1. The Bertz CT molecular complexity index is 680. The van der Waals surface area contributed by atoms with Gasteiger partial charge in [0.15, 0.2) is 0 Å². The molecule has 0 bridgehead atoms. The van der Waals surface area contributed by atoms with Gasteiger partial charge in [-0.1, -0.05) is 12.1 Å². The Morgan fingerprint density at radius 3 is 2.81 bits per heavy atom. The lowest BCUT2D eigenvalue weighted by molar-refractivity contribution is -0.131. The van der Waals surface area contributed by atoms with Gasteiger partial charge in [0.2, 0.25) is 0 Å². The molecule has 1 aromatic carbocycles. The lowest BCUT2D eigenvalue weighted by Crippen LogP contribution is -1.93. The first kappa shape index (κ1) is 14.8. The van der Waals surface area contributed by atoms with Gasteiger partial charge in [0.25, 0.3) is 0 Å². The first-order valence-corrected chi connectivity index (χ1v) is 7.12. The molecule has 106 valence electrons. The highest BCUT2D eigenvalue weighted by atomic mass is 32.1. The van der Waals surface area contributed by atoms with Gasteiger partial charge in [-0.3, -0.25) is 0 Å². The molecule has 0 unspecified atom stereocenters. The van der Waals surface area contributed by atoms with Gasteiger partial charge in [-0.2, -0.15) is 5.26 Å². The van der Waals surface area contributed by atoms with Crippen molar-refractivity contribution in [2.24, 2.45) is 0 Å². The van der Waals surface area contributed by atoms with Crippen LogP contribution in [0.2, 0.25) is 0 Å². The van der Waals surface area contributed by atoms with E-state index in [0.29, 0.717) is 13.0 Å². The molecule has 0 amide bonds. The molecule has 5 heteroatoms. The van der Waals surface area contributed by atoms with Crippen molar-refractivity contribution in [3.05, 3.63) is 57.8 Å². The van der Waals surface area contributed by atoms with E-state index in [1.807, 2.05) is 35.7 Å². The molecular formula is C16H13NO3S. The van der Waals surface area contributed by atoms with E-state index in [2.05, 4.69) is 6.07 Å².